The maximum absolute atomic E-state index is 14.0. The average Bonchev–Trinajstić information content (AvgIpc) is 3.25. The fraction of sp³-hybridized carbons (Fsp3) is 0.385. The summed E-state index contributed by atoms with van der Waals surface area (Å²) in [5.41, 5.74) is 0.499. The SMILES string of the molecule is CNC(=O)Nc1ccc2c(c1)CC[C@]21OC(=O)N(CC(=O)N2Cc3ccc(F)cc3CC[C@@H]2C(F)(F)F)C1=O. The number of urea groups is 1. The number of ether oxygens (including phenoxy) is 1. The minimum atomic E-state index is -4.78. The highest BCUT2D eigenvalue weighted by Gasteiger charge is 2.59. The third-order valence-electron chi connectivity index (χ3n) is 7.41. The van der Waals surface area contributed by atoms with Gasteiger partial charge in [-0.1, -0.05) is 12.1 Å². The monoisotopic (exact) mass is 548 g/mol. The molecule has 2 atom stereocenters. The number of carbonyl (C=O) groups excluding carboxylic acids is 4. The number of hydrogen-bond donors (Lipinski definition) is 2. The van der Waals surface area contributed by atoms with Gasteiger partial charge in [0.05, 0.1) is 0 Å². The summed E-state index contributed by atoms with van der Waals surface area (Å²) >= 11 is 0. The lowest BCUT2D eigenvalue weighted by Gasteiger charge is -2.32. The van der Waals surface area contributed by atoms with E-state index in [4.69, 9.17) is 4.74 Å². The van der Waals surface area contributed by atoms with Crippen LogP contribution in [0.2, 0.25) is 0 Å². The number of benzene rings is 2. The maximum Gasteiger partial charge on any atom is 0.418 e. The molecule has 1 fully saturated rings. The van der Waals surface area contributed by atoms with Gasteiger partial charge in [0.2, 0.25) is 11.5 Å². The van der Waals surface area contributed by atoms with E-state index in [1.54, 1.807) is 6.07 Å². The van der Waals surface area contributed by atoms with Crippen LogP contribution in [0.1, 0.15) is 35.1 Å². The van der Waals surface area contributed by atoms with Crippen LogP contribution in [0.15, 0.2) is 36.4 Å². The van der Waals surface area contributed by atoms with Crippen molar-refractivity contribution >= 4 is 29.6 Å². The molecule has 0 radical (unpaired) electrons. The summed E-state index contributed by atoms with van der Waals surface area (Å²) in [5, 5.41) is 5.02. The zero-order valence-electron chi connectivity index (χ0n) is 20.7. The second-order valence-electron chi connectivity index (χ2n) is 9.69. The zero-order valence-corrected chi connectivity index (χ0v) is 20.7. The molecular weight excluding hydrogens is 524 g/mol. The Hall–Kier alpha value is -4.16. The molecule has 2 N–H and O–H groups in total. The minimum absolute atomic E-state index is 0.0782. The molecule has 5 amide bonds. The molecule has 2 aromatic rings. The van der Waals surface area contributed by atoms with Crippen LogP contribution in [0.3, 0.4) is 0 Å². The molecule has 2 aliphatic heterocycles. The third-order valence-corrected chi connectivity index (χ3v) is 7.41. The van der Waals surface area contributed by atoms with Gasteiger partial charge in [-0.15, -0.1) is 0 Å². The molecule has 0 unspecified atom stereocenters. The van der Waals surface area contributed by atoms with Gasteiger partial charge < -0.3 is 20.3 Å². The number of halogens is 4. The summed E-state index contributed by atoms with van der Waals surface area (Å²) in [6.07, 6.45) is -6.09. The Kier molecular flexibility index (Phi) is 6.47. The number of aryl methyl sites for hydroxylation is 2. The highest BCUT2D eigenvalue weighted by molar-refractivity contribution is 6.06. The van der Waals surface area contributed by atoms with Crippen LogP contribution in [0.5, 0.6) is 0 Å². The number of anilines is 1. The largest absolute Gasteiger partial charge is 0.427 e. The highest BCUT2D eigenvalue weighted by atomic mass is 19.4. The topological polar surface area (TPSA) is 108 Å². The molecule has 1 spiro atoms. The van der Waals surface area contributed by atoms with E-state index in [1.807, 2.05) is 0 Å². The lowest BCUT2D eigenvalue weighted by Crippen LogP contribution is -2.52. The highest BCUT2D eigenvalue weighted by Crippen LogP contribution is 2.46. The lowest BCUT2D eigenvalue weighted by molar-refractivity contribution is -0.192. The van der Waals surface area contributed by atoms with E-state index in [1.165, 1.54) is 25.2 Å². The number of fused-ring (bicyclic) bond motifs is 3. The van der Waals surface area contributed by atoms with Crippen molar-refractivity contribution in [2.75, 3.05) is 18.9 Å². The molecule has 2 aromatic carbocycles. The van der Waals surface area contributed by atoms with Crippen LogP contribution in [-0.4, -0.2) is 59.5 Å². The van der Waals surface area contributed by atoms with Crippen LogP contribution in [0, 0.1) is 5.82 Å². The van der Waals surface area contributed by atoms with Gasteiger partial charge in [-0.05, 0) is 60.2 Å². The Labute approximate surface area is 220 Å². The summed E-state index contributed by atoms with van der Waals surface area (Å²) in [4.78, 5) is 52.3. The Balaban J connectivity index is 1.39. The van der Waals surface area contributed by atoms with Crippen LogP contribution in [0.4, 0.5) is 32.8 Å². The molecular formula is C26H24F4N4O5. The first-order valence-corrected chi connectivity index (χ1v) is 12.2. The van der Waals surface area contributed by atoms with Gasteiger partial charge in [0.15, 0.2) is 0 Å². The second-order valence-corrected chi connectivity index (χ2v) is 9.69. The first kappa shape index (κ1) is 26.4. The van der Waals surface area contributed by atoms with Gasteiger partial charge in [0.25, 0.3) is 5.91 Å². The van der Waals surface area contributed by atoms with E-state index in [0.717, 1.165) is 12.1 Å². The van der Waals surface area contributed by atoms with Crippen molar-refractivity contribution in [2.45, 2.75) is 50.0 Å². The Morgan fingerprint density at radius 1 is 1.08 bits per heavy atom. The minimum Gasteiger partial charge on any atom is -0.427 e. The molecule has 206 valence electrons. The molecule has 0 aromatic heterocycles. The van der Waals surface area contributed by atoms with Gasteiger partial charge in [-0.3, -0.25) is 9.59 Å². The van der Waals surface area contributed by atoms with Crippen LogP contribution >= 0.6 is 0 Å². The van der Waals surface area contributed by atoms with Crippen LogP contribution in [-0.2, 0) is 39.3 Å². The first-order valence-electron chi connectivity index (χ1n) is 12.2. The van der Waals surface area contributed by atoms with Gasteiger partial charge in [-0.2, -0.15) is 13.2 Å². The van der Waals surface area contributed by atoms with Crippen molar-refractivity contribution in [3.63, 3.8) is 0 Å². The predicted molar refractivity (Wildman–Crippen MR) is 128 cm³/mol. The summed E-state index contributed by atoms with van der Waals surface area (Å²) in [6, 6.07) is 5.66. The average molecular weight is 548 g/mol. The number of imide groups is 1. The third kappa shape index (κ3) is 4.66. The molecule has 9 nitrogen and oxygen atoms in total. The van der Waals surface area contributed by atoms with Crippen molar-refractivity contribution < 1.29 is 41.5 Å². The van der Waals surface area contributed by atoms with Crippen LogP contribution < -0.4 is 10.6 Å². The molecule has 2 heterocycles. The number of hydrogen-bond acceptors (Lipinski definition) is 5. The second kappa shape index (κ2) is 9.54. The molecule has 13 heteroatoms. The van der Waals surface area contributed by atoms with Crippen molar-refractivity contribution in [1.29, 1.82) is 0 Å². The Morgan fingerprint density at radius 2 is 1.85 bits per heavy atom. The Morgan fingerprint density at radius 3 is 2.56 bits per heavy atom. The molecule has 0 saturated carbocycles. The number of amides is 5. The number of nitrogens with zero attached hydrogens (tertiary/aromatic N) is 2. The maximum atomic E-state index is 14.0. The normalized spacial score (nSPS) is 22.3. The van der Waals surface area contributed by atoms with Crippen LogP contribution in [0.25, 0.3) is 0 Å². The fourth-order valence-corrected chi connectivity index (χ4v) is 5.48. The quantitative estimate of drug-likeness (QED) is 0.570. The fourth-order valence-electron chi connectivity index (χ4n) is 5.48. The van der Waals surface area contributed by atoms with E-state index in [2.05, 4.69) is 10.6 Å². The standard InChI is InChI=1S/C26H24F4N4O5/c1-31-23(37)32-18-5-6-19-15(11-18)8-9-25(19)22(36)34(24(38)39-25)13-21(35)33-12-16-2-4-17(27)10-14(16)3-7-20(33)26(28,29)30/h2,4-6,10-11,20H,3,7-9,12-13H2,1H3,(H2,31,32,37)/t20-,25+/m1/s1. The number of rotatable bonds is 3. The predicted octanol–water partition coefficient (Wildman–Crippen LogP) is 3.60. The van der Waals surface area contributed by atoms with Gasteiger partial charge in [0, 0.05) is 31.3 Å². The number of carbonyl (C=O) groups is 4. The number of nitrogens with one attached hydrogen (secondary N) is 2. The van der Waals surface area contributed by atoms with E-state index in [9.17, 15) is 36.7 Å². The lowest BCUT2D eigenvalue weighted by atomic mass is 9.94. The van der Waals surface area contributed by atoms with Gasteiger partial charge in [-0.25, -0.2) is 18.9 Å². The molecule has 1 saturated heterocycles. The zero-order chi connectivity index (χ0) is 28.1. The van der Waals surface area contributed by atoms with Crippen molar-refractivity contribution in [1.82, 2.24) is 15.1 Å². The summed E-state index contributed by atoms with van der Waals surface area (Å²) in [7, 11) is 1.45. The summed E-state index contributed by atoms with van der Waals surface area (Å²) in [5.74, 6) is -2.52. The Bertz CT molecular complexity index is 1380. The number of alkyl halides is 3. The smallest absolute Gasteiger partial charge is 0.418 e. The molecule has 5 rings (SSSR count). The summed E-state index contributed by atoms with van der Waals surface area (Å²) in [6.45, 7) is -1.39. The van der Waals surface area contributed by atoms with Crippen molar-refractivity contribution in [2.24, 2.45) is 0 Å². The first-order chi connectivity index (χ1) is 18.4. The van der Waals surface area contributed by atoms with Gasteiger partial charge >= 0.3 is 18.3 Å². The van der Waals surface area contributed by atoms with Crippen molar-refractivity contribution in [3.8, 4) is 0 Å². The van der Waals surface area contributed by atoms with Crippen molar-refractivity contribution in [3.05, 3.63) is 64.5 Å². The summed E-state index contributed by atoms with van der Waals surface area (Å²) < 4.78 is 61.1. The molecule has 1 aliphatic carbocycles. The molecule has 39 heavy (non-hydrogen) atoms. The van der Waals surface area contributed by atoms with E-state index >= 15 is 0 Å². The molecule has 0 bridgehead atoms. The van der Waals surface area contributed by atoms with Gasteiger partial charge in [0.1, 0.15) is 18.4 Å². The van der Waals surface area contributed by atoms with E-state index < -0.39 is 67.1 Å². The van der Waals surface area contributed by atoms with E-state index in [0.29, 0.717) is 44.2 Å². The van der Waals surface area contributed by atoms with E-state index in [-0.39, 0.29) is 12.8 Å². The molecule has 3 aliphatic rings.